The van der Waals surface area contributed by atoms with Crippen LogP contribution in [-0.4, -0.2) is 17.1 Å². The Hall–Kier alpha value is -2.48. The number of aromatic nitrogens is 1. The molecule has 8 heteroatoms. The molecule has 0 radical (unpaired) electrons. The molecule has 0 fully saturated rings. The van der Waals surface area contributed by atoms with Crippen molar-refractivity contribution >= 4 is 50.9 Å². The summed E-state index contributed by atoms with van der Waals surface area (Å²) in [5.74, 6) is -0.475. The van der Waals surface area contributed by atoms with Crippen LogP contribution < -0.4 is 14.9 Å². The first-order valence-corrected chi connectivity index (χ1v) is 11.6. The van der Waals surface area contributed by atoms with E-state index in [-0.39, 0.29) is 12.2 Å². The van der Waals surface area contributed by atoms with Crippen LogP contribution in [0.15, 0.2) is 74.1 Å². The van der Waals surface area contributed by atoms with E-state index in [4.69, 9.17) is 16.3 Å². The van der Waals surface area contributed by atoms with Gasteiger partial charge < -0.3 is 4.74 Å². The molecule has 0 N–H and O–H groups in total. The van der Waals surface area contributed by atoms with Gasteiger partial charge in [-0.05, 0) is 49.2 Å². The lowest BCUT2D eigenvalue weighted by Crippen LogP contribution is -2.39. The number of carbonyl (C=O) groups excluding carboxylic acids is 1. The second-order valence-electron chi connectivity index (χ2n) is 6.88. The number of hydrogen-bond acceptors (Lipinski definition) is 5. The van der Waals surface area contributed by atoms with Crippen LogP contribution in [0.2, 0.25) is 5.02 Å². The highest BCUT2D eigenvalue weighted by Crippen LogP contribution is 2.31. The Balaban J connectivity index is 1.97. The van der Waals surface area contributed by atoms with Crippen LogP contribution in [0.25, 0.3) is 6.08 Å². The fourth-order valence-electron chi connectivity index (χ4n) is 3.49. The van der Waals surface area contributed by atoms with Crippen molar-refractivity contribution in [1.29, 1.82) is 0 Å². The molecule has 0 spiro atoms. The third-order valence-electron chi connectivity index (χ3n) is 4.89. The minimum Gasteiger partial charge on any atom is -0.463 e. The van der Waals surface area contributed by atoms with Gasteiger partial charge in [-0.25, -0.2) is 9.79 Å². The number of esters is 1. The van der Waals surface area contributed by atoms with Gasteiger partial charge in [0.05, 0.1) is 28.5 Å². The molecule has 2 heterocycles. The van der Waals surface area contributed by atoms with E-state index >= 15 is 0 Å². The lowest BCUT2D eigenvalue weighted by Gasteiger charge is -2.24. The quantitative estimate of drug-likeness (QED) is 0.487. The number of rotatable bonds is 4. The summed E-state index contributed by atoms with van der Waals surface area (Å²) in [5, 5.41) is 0.557. The second kappa shape index (κ2) is 8.94. The van der Waals surface area contributed by atoms with E-state index in [1.807, 2.05) is 42.5 Å². The first-order chi connectivity index (χ1) is 14.9. The largest absolute Gasteiger partial charge is 0.463 e. The average molecular weight is 518 g/mol. The SMILES string of the molecule is CCOC(=O)C1=C(C)N=c2s/c(=C/c3ccccc3Cl)c(=O)n2C1c1ccc(Br)cc1. The summed E-state index contributed by atoms with van der Waals surface area (Å²) in [6.45, 7) is 3.75. The molecule has 1 unspecified atom stereocenters. The molecule has 1 atom stereocenters. The van der Waals surface area contributed by atoms with Gasteiger partial charge in [0.1, 0.15) is 0 Å². The molecule has 31 heavy (non-hydrogen) atoms. The number of halogens is 2. The van der Waals surface area contributed by atoms with Crippen molar-refractivity contribution in [2.24, 2.45) is 4.99 Å². The van der Waals surface area contributed by atoms with E-state index in [1.54, 1.807) is 30.6 Å². The molecule has 1 aromatic heterocycles. The number of benzene rings is 2. The summed E-state index contributed by atoms with van der Waals surface area (Å²) in [5.41, 5.74) is 2.21. The third-order valence-corrected chi connectivity index (χ3v) is 6.75. The normalized spacial score (nSPS) is 16.1. The summed E-state index contributed by atoms with van der Waals surface area (Å²) in [6, 6.07) is 14.2. The predicted octanol–water partition coefficient (Wildman–Crippen LogP) is 4.21. The molecule has 0 saturated carbocycles. The molecular weight excluding hydrogens is 500 g/mol. The molecule has 0 bridgehead atoms. The fourth-order valence-corrected chi connectivity index (χ4v) is 4.98. The van der Waals surface area contributed by atoms with Crippen LogP contribution in [-0.2, 0) is 9.53 Å². The molecular formula is C23H18BrClN2O3S. The van der Waals surface area contributed by atoms with Gasteiger partial charge in [-0.15, -0.1) is 0 Å². The predicted molar refractivity (Wildman–Crippen MR) is 126 cm³/mol. The first kappa shape index (κ1) is 21.7. The maximum Gasteiger partial charge on any atom is 0.338 e. The molecule has 2 aromatic carbocycles. The van der Waals surface area contributed by atoms with Crippen molar-refractivity contribution in [2.45, 2.75) is 19.9 Å². The lowest BCUT2D eigenvalue weighted by atomic mass is 9.96. The van der Waals surface area contributed by atoms with Crippen LogP contribution in [0.5, 0.6) is 0 Å². The van der Waals surface area contributed by atoms with Crippen LogP contribution in [0.1, 0.15) is 31.0 Å². The van der Waals surface area contributed by atoms with E-state index in [0.717, 1.165) is 15.6 Å². The van der Waals surface area contributed by atoms with Crippen LogP contribution >= 0.6 is 38.9 Å². The van der Waals surface area contributed by atoms with Gasteiger partial charge in [0, 0.05) is 9.50 Å². The van der Waals surface area contributed by atoms with Crippen LogP contribution in [0.4, 0.5) is 0 Å². The number of nitrogens with zero attached hydrogens (tertiary/aromatic N) is 2. The molecule has 0 saturated heterocycles. The Labute approximate surface area is 196 Å². The van der Waals surface area contributed by atoms with Crippen molar-refractivity contribution < 1.29 is 9.53 Å². The third kappa shape index (κ3) is 4.18. The van der Waals surface area contributed by atoms with E-state index in [1.165, 1.54) is 11.3 Å². The zero-order chi connectivity index (χ0) is 22.1. The molecule has 3 aromatic rings. The second-order valence-corrected chi connectivity index (χ2v) is 9.21. The smallest absolute Gasteiger partial charge is 0.338 e. The van der Waals surface area contributed by atoms with Crippen molar-refractivity contribution in [3.63, 3.8) is 0 Å². The van der Waals surface area contributed by atoms with Gasteiger partial charge in [0.25, 0.3) is 5.56 Å². The molecule has 4 rings (SSSR count). The Bertz CT molecular complexity index is 1370. The van der Waals surface area contributed by atoms with E-state index in [2.05, 4.69) is 20.9 Å². The molecule has 0 aliphatic carbocycles. The Morgan fingerprint density at radius 3 is 2.65 bits per heavy atom. The maximum absolute atomic E-state index is 13.5. The van der Waals surface area contributed by atoms with Crippen LogP contribution in [0, 0.1) is 0 Å². The van der Waals surface area contributed by atoms with Gasteiger partial charge in [-0.1, -0.05) is 69.2 Å². The number of ether oxygens (including phenoxy) is 1. The monoisotopic (exact) mass is 516 g/mol. The summed E-state index contributed by atoms with van der Waals surface area (Å²) in [7, 11) is 0. The Morgan fingerprint density at radius 1 is 1.26 bits per heavy atom. The van der Waals surface area contributed by atoms with Crippen LogP contribution in [0.3, 0.4) is 0 Å². The Morgan fingerprint density at radius 2 is 1.97 bits per heavy atom. The maximum atomic E-state index is 13.5. The van der Waals surface area contributed by atoms with E-state index < -0.39 is 12.0 Å². The first-order valence-electron chi connectivity index (χ1n) is 9.60. The highest BCUT2D eigenvalue weighted by Gasteiger charge is 2.33. The average Bonchev–Trinajstić information content (AvgIpc) is 3.04. The minimum absolute atomic E-state index is 0.231. The van der Waals surface area contributed by atoms with Gasteiger partial charge in [0.15, 0.2) is 4.80 Å². The summed E-state index contributed by atoms with van der Waals surface area (Å²) in [6.07, 6.45) is 1.76. The number of carbonyl (C=O) groups is 1. The highest BCUT2D eigenvalue weighted by molar-refractivity contribution is 9.10. The van der Waals surface area contributed by atoms with E-state index in [9.17, 15) is 9.59 Å². The number of fused-ring (bicyclic) bond motifs is 1. The Kier molecular flexibility index (Phi) is 6.27. The number of hydrogen-bond donors (Lipinski definition) is 0. The molecule has 1 aliphatic heterocycles. The number of allylic oxidation sites excluding steroid dienone is 1. The number of thiazole rings is 1. The van der Waals surface area contributed by atoms with Gasteiger partial charge in [-0.3, -0.25) is 9.36 Å². The van der Waals surface area contributed by atoms with Crippen molar-refractivity contribution in [3.05, 3.63) is 100 Å². The zero-order valence-corrected chi connectivity index (χ0v) is 19.9. The van der Waals surface area contributed by atoms with E-state index in [0.29, 0.717) is 25.6 Å². The lowest BCUT2D eigenvalue weighted by molar-refractivity contribution is -0.139. The molecule has 0 amide bonds. The molecule has 5 nitrogen and oxygen atoms in total. The minimum atomic E-state index is -0.628. The standard InChI is InChI=1S/C23H18BrClN2O3S/c1-3-30-22(29)19-13(2)26-23-27(20(19)14-8-10-16(24)11-9-14)21(28)18(31-23)12-15-6-4-5-7-17(15)25/h4-12,20H,3H2,1-2H3/b18-12+. The van der Waals surface area contributed by atoms with Gasteiger partial charge >= 0.3 is 5.97 Å². The van der Waals surface area contributed by atoms with Gasteiger partial charge in [-0.2, -0.15) is 0 Å². The molecule has 1 aliphatic rings. The van der Waals surface area contributed by atoms with Gasteiger partial charge in [0.2, 0.25) is 0 Å². The highest BCUT2D eigenvalue weighted by atomic mass is 79.9. The fraction of sp³-hybridized carbons (Fsp3) is 0.174. The molecule has 158 valence electrons. The summed E-state index contributed by atoms with van der Waals surface area (Å²) in [4.78, 5) is 31.4. The van der Waals surface area contributed by atoms with Crippen molar-refractivity contribution in [1.82, 2.24) is 4.57 Å². The van der Waals surface area contributed by atoms with Crippen molar-refractivity contribution in [3.8, 4) is 0 Å². The topological polar surface area (TPSA) is 60.7 Å². The zero-order valence-electron chi connectivity index (χ0n) is 16.8. The van der Waals surface area contributed by atoms with Crippen molar-refractivity contribution in [2.75, 3.05) is 6.61 Å². The summed E-state index contributed by atoms with van der Waals surface area (Å²) < 4.78 is 8.26. The summed E-state index contributed by atoms with van der Waals surface area (Å²) >= 11 is 11.0.